The van der Waals surface area contributed by atoms with Gasteiger partial charge in [0.15, 0.2) is 0 Å². The molecule has 0 bridgehead atoms. The molecule has 2 aliphatic rings. The van der Waals surface area contributed by atoms with Crippen LogP contribution in [0.15, 0.2) is 18.2 Å². The second-order valence-corrected chi connectivity index (χ2v) is 8.23. The molecule has 148 valence electrons. The minimum Gasteiger partial charge on any atom is -0.339 e. The summed E-state index contributed by atoms with van der Waals surface area (Å²) in [5.41, 5.74) is 0.548. The van der Waals surface area contributed by atoms with Crippen molar-refractivity contribution >= 4 is 40.7 Å². The average molecular weight is 412 g/mol. The molecule has 0 unspecified atom stereocenters. The minimum atomic E-state index is -0.300. The Morgan fingerprint density at radius 2 is 1.96 bits per heavy atom. The van der Waals surface area contributed by atoms with Gasteiger partial charge < -0.3 is 10.2 Å². The fourth-order valence-electron chi connectivity index (χ4n) is 4.14. The van der Waals surface area contributed by atoms with Crippen LogP contribution in [-0.4, -0.2) is 53.3 Å². The maximum absolute atomic E-state index is 12.9. The van der Waals surface area contributed by atoms with E-state index in [1.165, 1.54) is 6.42 Å². The van der Waals surface area contributed by atoms with Crippen LogP contribution in [0.3, 0.4) is 0 Å². The van der Waals surface area contributed by atoms with E-state index in [2.05, 4.69) is 12.2 Å². The number of amides is 2. The SMILES string of the molecule is CC[C@H]1CCCCN1C(=O)CN1CCC[C@@H]1C(=O)Nc1ccc(Cl)cc1Cl. The van der Waals surface area contributed by atoms with Crippen LogP contribution in [0.5, 0.6) is 0 Å². The Hall–Kier alpha value is -1.30. The third-order valence-electron chi connectivity index (χ3n) is 5.61. The van der Waals surface area contributed by atoms with Gasteiger partial charge in [-0.15, -0.1) is 0 Å². The van der Waals surface area contributed by atoms with Gasteiger partial charge in [0.1, 0.15) is 0 Å². The third kappa shape index (κ3) is 4.95. The number of hydrogen-bond acceptors (Lipinski definition) is 3. The van der Waals surface area contributed by atoms with Crippen molar-refractivity contribution in [3.05, 3.63) is 28.2 Å². The molecule has 0 saturated carbocycles. The molecular formula is C20H27Cl2N3O2. The summed E-state index contributed by atoms with van der Waals surface area (Å²) >= 11 is 12.1. The third-order valence-corrected chi connectivity index (χ3v) is 6.16. The number of carbonyl (C=O) groups excluding carboxylic acids is 2. The molecule has 1 aromatic carbocycles. The summed E-state index contributed by atoms with van der Waals surface area (Å²) in [4.78, 5) is 29.7. The van der Waals surface area contributed by atoms with Gasteiger partial charge in [-0.2, -0.15) is 0 Å². The molecule has 7 heteroatoms. The molecule has 1 aromatic rings. The molecule has 5 nitrogen and oxygen atoms in total. The topological polar surface area (TPSA) is 52.7 Å². The van der Waals surface area contributed by atoms with Gasteiger partial charge >= 0.3 is 0 Å². The summed E-state index contributed by atoms with van der Waals surface area (Å²) in [5.74, 6) is 0.0287. The monoisotopic (exact) mass is 411 g/mol. The highest BCUT2D eigenvalue weighted by Crippen LogP contribution is 2.27. The van der Waals surface area contributed by atoms with Gasteiger partial charge in [0.25, 0.3) is 0 Å². The average Bonchev–Trinajstić information content (AvgIpc) is 3.12. The first-order chi connectivity index (χ1) is 13.0. The van der Waals surface area contributed by atoms with Crippen molar-refractivity contribution < 1.29 is 9.59 Å². The number of halogens is 2. The highest BCUT2D eigenvalue weighted by Gasteiger charge is 2.34. The predicted molar refractivity (Wildman–Crippen MR) is 109 cm³/mol. The quantitative estimate of drug-likeness (QED) is 0.789. The Morgan fingerprint density at radius 1 is 1.15 bits per heavy atom. The second kappa shape index (κ2) is 9.26. The first kappa shape index (κ1) is 20.4. The van der Waals surface area contributed by atoms with Crippen molar-refractivity contribution in [1.82, 2.24) is 9.80 Å². The summed E-state index contributed by atoms with van der Waals surface area (Å²) in [7, 11) is 0. The lowest BCUT2D eigenvalue weighted by molar-refractivity contribution is -0.137. The minimum absolute atomic E-state index is 0.116. The van der Waals surface area contributed by atoms with Gasteiger partial charge in [0.2, 0.25) is 11.8 Å². The van der Waals surface area contributed by atoms with Crippen LogP contribution >= 0.6 is 23.2 Å². The zero-order chi connectivity index (χ0) is 19.4. The van der Waals surface area contributed by atoms with Gasteiger partial charge in [0.05, 0.1) is 23.3 Å². The van der Waals surface area contributed by atoms with Crippen molar-refractivity contribution in [1.29, 1.82) is 0 Å². The highest BCUT2D eigenvalue weighted by atomic mass is 35.5. The molecule has 2 atom stereocenters. The van der Waals surface area contributed by atoms with Gasteiger partial charge in [-0.05, 0) is 63.3 Å². The number of carbonyl (C=O) groups is 2. The molecule has 2 amide bonds. The molecule has 0 aromatic heterocycles. The largest absolute Gasteiger partial charge is 0.339 e. The van der Waals surface area contributed by atoms with E-state index < -0.39 is 0 Å². The van der Waals surface area contributed by atoms with Crippen LogP contribution in [0, 0.1) is 0 Å². The van der Waals surface area contributed by atoms with Crippen molar-refractivity contribution in [2.45, 2.75) is 57.5 Å². The van der Waals surface area contributed by atoms with Gasteiger partial charge in [-0.3, -0.25) is 14.5 Å². The Bertz CT molecular complexity index is 698. The number of hydrogen-bond donors (Lipinski definition) is 1. The maximum Gasteiger partial charge on any atom is 0.241 e. The number of anilines is 1. The normalized spacial score (nSPS) is 23.4. The lowest BCUT2D eigenvalue weighted by Crippen LogP contribution is -2.50. The lowest BCUT2D eigenvalue weighted by atomic mass is 10.00. The van der Waals surface area contributed by atoms with E-state index in [1.807, 2.05) is 9.80 Å². The Labute approximate surface area is 171 Å². The number of benzene rings is 1. The van der Waals surface area contributed by atoms with Crippen LogP contribution in [0.25, 0.3) is 0 Å². The number of nitrogens with zero attached hydrogens (tertiary/aromatic N) is 2. The van der Waals surface area contributed by atoms with E-state index in [0.29, 0.717) is 28.3 Å². The van der Waals surface area contributed by atoms with Crippen LogP contribution < -0.4 is 5.32 Å². The number of rotatable bonds is 5. The van der Waals surface area contributed by atoms with E-state index in [-0.39, 0.29) is 17.9 Å². The molecular weight excluding hydrogens is 385 g/mol. The zero-order valence-corrected chi connectivity index (χ0v) is 17.2. The summed E-state index contributed by atoms with van der Waals surface area (Å²) in [6.07, 6.45) is 6.00. The summed E-state index contributed by atoms with van der Waals surface area (Å²) < 4.78 is 0. The molecule has 1 N–H and O–H groups in total. The predicted octanol–water partition coefficient (Wildman–Crippen LogP) is 4.19. The molecule has 2 saturated heterocycles. The van der Waals surface area contributed by atoms with E-state index in [0.717, 1.165) is 45.2 Å². The van der Waals surface area contributed by atoms with Crippen molar-refractivity contribution in [3.63, 3.8) is 0 Å². The molecule has 2 aliphatic heterocycles. The van der Waals surface area contributed by atoms with Gasteiger partial charge in [-0.25, -0.2) is 0 Å². The molecule has 2 heterocycles. The standard InChI is InChI=1S/C20H27Cl2N3O2/c1-2-15-6-3-4-11-25(15)19(26)13-24-10-5-7-18(24)20(27)23-17-9-8-14(21)12-16(17)22/h8-9,12,15,18H,2-7,10-11,13H2,1H3,(H,23,27)/t15-,18+/m0/s1. The molecule has 0 aliphatic carbocycles. The first-order valence-corrected chi connectivity index (χ1v) is 10.5. The van der Waals surface area contributed by atoms with Crippen LogP contribution in [-0.2, 0) is 9.59 Å². The van der Waals surface area contributed by atoms with Crippen molar-refractivity contribution in [2.24, 2.45) is 0 Å². The summed E-state index contributed by atoms with van der Waals surface area (Å²) in [6, 6.07) is 5.04. The van der Waals surface area contributed by atoms with E-state index in [1.54, 1.807) is 18.2 Å². The second-order valence-electron chi connectivity index (χ2n) is 7.39. The van der Waals surface area contributed by atoms with Crippen molar-refractivity contribution in [3.8, 4) is 0 Å². The van der Waals surface area contributed by atoms with Gasteiger partial charge in [0, 0.05) is 17.6 Å². The van der Waals surface area contributed by atoms with Crippen LogP contribution in [0.2, 0.25) is 10.0 Å². The fraction of sp³-hybridized carbons (Fsp3) is 0.600. The number of likely N-dealkylation sites (tertiary alicyclic amines) is 2. The summed E-state index contributed by atoms with van der Waals surface area (Å²) in [6.45, 7) is 4.05. The number of piperidine rings is 1. The smallest absolute Gasteiger partial charge is 0.241 e. The Morgan fingerprint density at radius 3 is 2.70 bits per heavy atom. The van der Waals surface area contributed by atoms with Crippen LogP contribution in [0.4, 0.5) is 5.69 Å². The molecule has 3 rings (SSSR count). The highest BCUT2D eigenvalue weighted by molar-refractivity contribution is 6.36. The maximum atomic E-state index is 12.9. The molecule has 2 fully saturated rings. The number of nitrogens with one attached hydrogen (secondary N) is 1. The Kier molecular flexibility index (Phi) is 7.01. The fourth-order valence-corrected chi connectivity index (χ4v) is 4.59. The van der Waals surface area contributed by atoms with Gasteiger partial charge in [-0.1, -0.05) is 30.1 Å². The molecule has 0 spiro atoms. The molecule has 27 heavy (non-hydrogen) atoms. The Balaban J connectivity index is 1.62. The van der Waals surface area contributed by atoms with Crippen LogP contribution in [0.1, 0.15) is 45.4 Å². The van der Waals surface area contributed by atoms with E-state index >= 15 is 0 Å². The van der Waals surface area contributed by atoms with Crippen molar-refractivity contribution in [2.75, 3.05) is 25.0 Å². The first-order valence-electron chi connectivity index (χ1n) is 9.79. The van der Waals surface area contributed by atoms with E-state index in [4.69, 9.17) is 23.2 Å². The zero-order valence-electron chi connectivity index (χ0n) is 15.7. The summed E-state index contributed by atoms with van der Waals surface area (Å²) in [5, 5.41) is 3.82. The lowest BCUT2D eigenvalue weighted by Gasteiger charge is -2.36. The molecule has 0 radical (unpaired) electrons. The van der Waals surface area contributed by atoms with E-state index in [9.17, 15) is 9.59 Å².